The van der Waals surface area contributed by atoms with Crippen molar-refractivity contribution >= 4 is 5.78 Å². The molecule has 3 nitrogen and oxygen atoms in total. The molecule has 0 saturated carbocycles. The van der Waals surface area contributed by atoms with Gasteiger partial charge in [-0.1, -0.05) is 24.6 Å². The summed E-state index contributed by atoms with van der Waals surface area (Å²) in [5.41, 5.74) is 3.01. The molecule has 0 radical (unpaired) electrons. The van der Waals surface area contributed by atoms with E-state index in [1.807, 2.05) is 32.0 Å². The second-order valence-electron chi connectivity index (χ2n) is 5.11. The predicted molar refractivity (Wildman–Crippen MR) is 78.8 cm³/mol. The van der Waals surface area contributed by atoms with Gasteiger partial charge in [0.15, 0.2) is 5.78 Å². The summed E-state index contributed by atoms with van der Waals surface area (Å²) in [7, 11) is 1.69. The summed E-state index contributed by atoms with van der Waals surface area (Å²) >= 11 is 0. The van der Waals surface area contributed by atoms with Gasteiger partial charge in [-0.15, -0.1) is 0 Å². The average Bonchev–Trinajstić information content (AvgIpc) is 2.38. The Morgan fingerprint density at radius 3 is 2.63 bits per heavy atom. The van der Waals surface area contributed by atoms with E-state index < -0.39 is 0 Å². The first-order valence-corrected chi connectivity index (χ1v) is 6.83. The number of benzene rings is 1. The molecular formula is C16H25NO2. The van der Waals surface area contributed by atoms with Crippen molar-refractivity contribution in [1.82, 2.24) is 4.90 Å². The van der Waals surface area contributed by atoms with Crippen LogP contribution in [0.5, 0.6) is 0 Å². The van der Waals surface area contributed by atoms with E-state index in [-0.39, 0.29) is 11.8 Å². The van der Waals surface area contributed by atoms with Crippen molar-refractivity contribution in [2.45, 2.75) is 33.7 Å². The van der Waals surface area contributed by atoms with E-state index >= 15 is 0 Å². The quantitative estimate of drug-likeness (QED) is 0.708. The van der Waals surface area contributed by atoms with Gasteiger partial charge in [0.05, 0.1) is 13.2 Å². The molecule has 0 fully saturated rings. The molecular weight excluding hydrogens is 238 g/mol. The first kappa shape index (κ1) is 15.9. The van der Waals surface area contributed by atoms with E-state index in [1.54, 1.807) is 7.11 Å². The smallest absolute Gasteiger partial charge is 0.177 e. The molecule has 0 spiro atoms. The lowest BCUT2D eigenvalue weighted by Crippen LogP contribution is -2.39. The van der Waals surface area contributed by atoms with Crippen molar-refractivity contribution in [3.8, 4) is 0 Å². The Hall–Kier alpha value is -1.19. The van der Waals surface area contributed by atoms with Crippen LogP contribution in [0.3, 0.4) is 0 Å². The predicted octanol–water partition coefficient (Wildman–Crippen LogP) is 2.84. The third-order valence-electron chi connectivity index (χ3n) is 3.48. The number of rotatable bonds is 7. The zero-order chi connectivity index (χ0) is 14.4. The molecule has 0 N–H and O–H groups in total. The van der Waals surface area contributed by atoms with Crippen LogP contribution < -0.4 is 0 Å². The largest absolute Gasteiger partial charge is 0.383 e. The number of carbonyl (C=O) groups is 1. The molecule has 1 unspecified atom stereocenters. The fourth-order valence-electron chi connectivity index (χ4n) is 2.23. The average molecular weight is 263 g/mol. The van der Waals surface area contributed by atoms with Crippen LogP contribution in [0.25, 0.3) is 0 Å². The number of hydrogen-bond donors (Lipinski definition) is 0. The van der Waals surface area contributed by atoms with E-state index in [9.17, 15) is 4.79 Å². The fourth-order valence-corrected chi connectivity index (χ4v) is 2.23. The molecule has 0 aliphatic rings. The Labute approximate surface area is 116 Å². The maximum Gasteiger partial charge on any atom is 0.177 e. The van der Waals surface area contributed by atoms with Crippen LogP contribution >= 0.6 is 0 Å². The molecule has 19 heavy (non-hydrogen) atoms. The minimum atomic E-state index is 0.186. The highest BCUT2D eigenvalue weighted by atomic mass is 16.5. The van der Waals surface area contributed by atoms with Crippen molar-refractivity contribution in [2.75, 3.05) is 26.8 Å². The minimum Gasteiger partial charge on any atom is -0.383 e. The van der Waals surface area contributed by atoms with E-state index in [0.29, 0.717) is 13.2 Å². The van der Waals surface area contributed by atoms with Gasteiger partial charge in [-0.3, -0.25) is 9.69 Å². The molecule has 0 heterocycles. The lowest BCUT2D eigenvalue weighted by Gasteiger charge is -2.26. The van der Waals surface area contributed by atoms with Crippen LogP contribution in [0, 0.1) is 13.8 Å². The van der Waals surface area contributed by atoms with E-state index in [2.05, 4.69) is 18.7 Å². The van der Waals surface area contributed by atoms with Crippen molar-refractivity contribution < 1.29 is 9.53 Å². The topological polar surface area (TPSA) is 29.5 Å². The van der Waals surface area contributed by atoms with Gasteiger partial charge in [-0.05, 0) is 38.9 Å². The molecule has 106 valence electrons. The maximum absolute atomic E-state index is 12.4. The zero-order valence-corrected chi connectivity index (χ0v) is 12.7. The van der Waals surface area contributed by atoms with Crippen LogP contribution in [0.1, 0.15) is 35.3 Å². The van der Waals surface area contributed by atoms with Crippen LogP contribution in [-0.2, 0) is 4.74 Å². The number of methoxy groups -OCH3 is 1. The zero-order valence-electron chi connectivity index (χ0n) is 12.7. The molecule has 0 bridgehead atoms. The number of ketones is 1. The highest BCUT2D eigenvalue weighted by molar-refractivity contribution is 5.99. The van der Waals surface area contributed by atoms with Gasteiger partial charge in [0.1, 0.15) is 0 Å². The highest BCUT2D eigenvalue weighted by Crippen LogP contribution is 2.13. The Morgan fingerprint density at radius 2 is 2.05 bits per heavy atom. The number of ether oxygens (including phenoxy) is 1. The summed E-state index contributed by atoms with van der Waals surface area (Å²) in [4.78, 5) is 14.6. The summed E-state index contributed by atoms with van der Waals surface area (Å²) < 4.78 is 5.16. The van der Waals surface area contributed by atoms with E-state index in [4.69, 9.17) is 4.74 Å². The molecule has 1 rings (SSSR count). The summed E-state index contributed by atoms with van der Waals surface area (Å²) in [5, 5.41) is 0. The molecule has 1 aromatic carbocycles. The first-order chi connectivity index (χ1) is 8.99. The SMILES string of the molecule is CCN(CC(=O)c1cc(C)ccc1C)C(C)COC. The van der Waals surface area contributed by atoms with Gasteiger partial charge in [0.2, 0.25) is 0 Å². The Balaban J connectivity index is 2.79. The Morgan fingerprint density at radius 1 is 1.37 bits per heavy atom. The Kier molecular flexibility index (Phi) is 6.19. The first-order valence-electron chi connectivity index (χ1n) is 6.83. The minimum absolute atomic E-state index is 0.186. The molecule has 0 aliphatic heterocycles. The molecule has 0 saturated heterocycles. The second-order valence-corrected chi connectivity index (χ2v) is 5.11. The number of likely N-dealkylation sites (N-methyl/N-ethyl adjacent to an activating group) is 1. The molecule has 0 aromatic heterocycles. The van der Waals surface area contributed by atoms with Crippen molar-refractivity contribution in [2.24, 2.45) is 0 Å². The monoisotopic (exact) mass is 263 g/mol. The number of hydrogen-bond acceptors (Lipinski definition) is 3. The number of aryl methyl sites for hydroxylation is 2. The fraction of sp³-hybridized carbons (Fsp3) is 0.562. The lowest BCUT2D eigenvalue weighted by atomic mass is 10.0. The molecule has 3 heteroatoms. The second kappa shape index (κ2) is 7.41. The third kappa shape index (κ3) is 4.44. The molecule has 0 amide bonds. The van der Waals surface area contributed by atoms with Crippen molar-refractivity contribution in [3.05, 3.63) is 34.9 Å². The maximum atomic E-state index is 12.4. The number of Topliss-reactive ketones (excluding diaryl/α,β-unsaturated/α-hetero) is 1. The van der Waals surface area contributed by atoms with Gasteiger partial charge in [0, 0.05) is 18.7 Å². The van der Waals surface area contributed by atoms with Crippen LogP contribution in [0.15, 0.2) is 18.2 Å². The summed E-state index contributed by atoms with van der Waals surface area (Å²) in [6.45, 7) is 10.1. The van der Waals surface area contributed by atoms with Crippen LogP contribution in [0.2, 0.25) is 0 Å². The summed E-state index contributed by atoms with van der Waals surface area (Å²) in [6.07, 6.45) is 0. The lowest BCUT2D eigenvalue weighted by molar-refractivity contribution is 0.0787. The molecule has 0 aliphatic carbocycles. The number of nitrogens with zero attached hydrogens (tertiary/aromatic N) is 1. The third-order valence-corrected chi connectivity index (χ3v) is 3.48. The van der Waals surface area contributed by atoms with Crippen molar-refractivity contribution in [3.63, 3.8) is 0 Å². The molecule has 1 atom stereocenters. The van der Waals surface area contributed by atoms with Gasteiger partial charge in [-0.25, -0.2) is 0 Å². The molecule has 1 aromatic rings. The van der Waals surface area contributed by atoms with Crippen LogP contribution in [-0.4, -0.2) is 43.5 Å². The highest BCUT2D eigenvalue weighted by Gasteiger charge is 2.17. The number of carbonyl (C=O) groups excluding carboxylic acids is 1. The van der Waals surface area contributed by atoms with Gasteiger partial charge >= 0.3 is 0 Å². The van der Waals surface area contributed by atoms with Gasteiger partial charge in [-0.2, -0.15) is 0 Å². The summed E-state index contributed by atoms with van der Waals surface area (Å²) in [6, 6.07) is 6.28. The normalized spacial score (nSPS) is 12.7. The standard InChI is InChI=1S/C16H25NO2/c1-6-17(14(4)11-19-5)10-16(18)15-9-12(2)7-8-13(15)3/h7-9,14H,6,10-11H2,1-5H3. The van der Waals surface area contributed by atoms with Gasteiger partial charge in [0.25, 0.3) is 0 Å². The van der Waals surface area contributed by atoms with E-state index in [0.717, 1.165) is 23.2 Å². The van der Waals surface area contributed by atoms with E-state index in [1.165, 1.54) is 0 Å². The van der Waals surface area contributed by atoms with Gasteiger partial charge < -0.3 is 4.74 Å². The summed E-state index contributed by atoms with van der Waals surface area (Å²) in [5.74, 6) is 0.186. The Bertz CT molecular complexity index is 429. The van der Waals surface area contributed by atoms with Crippen molar-refractivity contribution in [1.29, 1.82) is 0 Å². The van der Waals surface area contributed by atoms with Crippen LogP contribution in [0.4, 0.5) is 0 Å².